The van der Waals surface area contributed by atoms with E-state index in [1.807, 2.05) is 0 Å². The van der Waals surface area contributed by atoms with Crippen LogP contribution in [0.25, 0.3) is 39.1 Å². The molecule has 0 nitrogen and oxygen atoms in total. The number of fused-ring (bicyclic) bond motifs is 2. The molecule has 0 saturated carbocycles. The van der Waals surface area contributed by atoms with Crippen LogP contribution in [-0.4, -0.2) is 9.52 Å². The van der Waals surface area contributed by atoms with Crippen LogP contribution in [0.3, 0.4) is 0 Å². The molecule has 0 amide bonds. The molecule has 0 fully saturated rings. The minimum Gasteiger partial charge on any atom is -0.358 e. The van der Waals surface area contributed by atoms with E-state index in [2.05, 4.69) is 138 Å². The molecular weight excluding hydrogens is 711 g/mol. The molecule has 0 bridgehead atoms. The summed E-state index contributed by atoms with van der Waals surface area (Å²) in [7, 11) is 0.667. The average Bonchev–Trinajstić information content (AvgIpc) is 3.56. The van der Waals surface area contributed by atoms with Gasteiger partial charge in [-0.15, -0.1) is 34.2 Å². The van der Waals surface area contributed by atoms with Crippen molar-refractivity contribution in [2.24, 2.45) is 0 Å². The number of allylic oxidation sites excluding steroid dienone is 1. The Kier molecular flexibility index (Phi) is 12.6. The van der Waals surface area contributed by atoms with Crippen LogP contribution in [0.15, 0.2) is 102 Å². The second-order valence-electron chi connectivity index (χ2n) is 12.2. The van der Waals surface area contributed by atoms with E-state index in [0.717, 1.165) is 12.8 Å². The second-order valence-corrected chi connectivity index (χ2v) is 13.6. The van der Waals surface area contributed by atoms with Crippen LogP contribution in [0, 0.1) is 21.8 Å². The Balaban J connectivity index is 0.00000176. The zero-order valence-corrected chi connectivity index (χ0v) is 32.0. The molecule has 2 radical (unpaired) electrons. The van der Waals surface area contributed by atoms with Gasteiger partial charge in [-0.3, -0.25) is 0 Å². The quantitative estimate of drug-likeness (QED) is 0.104. The van der Waals surface area contributed by atoms with E-state index in [-0.39, 0.29) is 40.7 Å². The largest absolute Gasteiger partial charge is 4.00 e. The molecule has 0 N–H and O–H groups in total. The van der Waals surface area contributed by atoms with Crippen LogP contribution in [-0.2, 0) is 25.8 Å². The van der Waals surface area contributed by atoms with E-state index in [4.69, 9.17) is 0 Å². The van der Waals surface area contributed by atoms with Gasteiger partial charge in [-0.2, -0.15) is 12.5 Å². The van der Waals surface area contributed by atoms with E-state index in [1.165, 1.54) is 66.9 Å². The summed E-state index contributed by atoms with van der Waals surface area (Å²) in [6, 6.07) is 36.9. The van der Waals surface area contributed by atoms with E-state index in [1.54, 1.807) is 5.20 Å². The Morgan fingerprint density at radius 3 is 1.91 bits per heavy atom. The summed E-state index contributed by atoms with van der Waals surface area (Å²) in [5, 5.41) is 5.71. The van der Waals surface area contributed by atoms with Crippen LogP contribution in [0.5, 0.6) is 0 Å². The monoisotopic (exact) mass is 758 g/mol. The van der Waals surface area contributed by atoms with Crippen LogP contribution < -0.4 is 5.19 Å². The predicted octanol–water partition coefficient (Wildman–Crippen LogP) is 11.5. The van der Waals surface area contributed by atoms with E-state index >= 15 is 0 Å². The van der Waals surface area contributed by atoms with E-state index < -0.39 is 0 Å². The van der Waals surface area contributed by atoms with E-state index in [0.29, 0.717) is 27.3 Å². The SMILES string of the molecule is [CH2-]CCCC1C([Si]c2cc3c(-c4ccc(C(C)C)cc4)cccc3[cH-]2)=Cc2c(-c3ccc(C(C)C)cc3)cccc21.[CH3-].[CH3-].[Hf+4]. The molecule has 0 saturated heterocycles. The smallest absolute Gasteiger partial charge is 0.358 e. The van der Waals surface area contributed by atoms with Gasteiger partial charge in [0.1, 0.15) is 0 Å². The molecule has 5 aromatic carbocycles. The zero-order chi connectivity index (χ0) is 28.5. The van der Waals surface area contributed by atoms with Crippen molar-refractivity contribution in [3.05, 3.63) is 146 Å². The number of hydrogen-bond donors (Lipinski definition) is 0. The summed E-state index contributed by atoms with van der Waals surface area (Å²) in [6.45, 7) is 13.2. The van der Waals surface area contributed by atoms with Crippen LogP contribution in [0.2, 0.25) is 0 Å². The van der Waals surface area contributed by atoms with Crippen LogP contribution in [0.4, 0.5) is 0 Å². The molecule has 6 rings (SSSR count). The van der Waals surface area contributed by atoms with Crippen molar-refractivity contribution in [1.29, 1.82) is 0 Å². The van der Waals surface area contributed by atoms with Gasteiger partial charge in [-0.1, -0.05) is 124 Å². The first-order valence-electron chi connectivity index (χ1n) is 15.2. The van der Waals surface area contributed by atoms with Crippen LogP contribution >= 0.6 is 0 Å². The Bertz CT molecular complexity index is 1680. The van der Waals surface area contributed by atoms with Crippen molar-refractivity contribution >= 4 is 31.6 Å². The van der Waals surface area contributed by atoms with Gasteiger partial charge in [-0.05, 0) is 57.2 Å². The number of benzene rings is 4. The minimum absolute atomic E-state index is 0. The molecule has 0 aliphatic heterocycles. The third-order valence-electron chi connectivity index (χ3n) is 8.75. The predicted molar refractivity (Wildman–Crippen MR) is 193 cm³/mol. The maximum atomic E-state index is 4.16. The average molecular weight is 757 g/mol. The van der Waals surface area contributed by atoms with Crippen molar-refractivity contribution in [3.63, 3.8) is 0 Å². The number of unbranched alkanes of at least 4 members (excludes halogenated alkanes) is 1. The summed E-state index contributed by atoms with van der Waals surface area (Å²) in [6.07, 6.45) is 5.83. The topological polar surface area (TPSA) is 0 Å². The fourth-order valence-electron chi connectivity index (χ4n) is 6.33. The van der Waals surface area contributed by atoms with E-state index in [9.17, 15) is 0 Å². The van der Waals surface area contributed by atoms with Gasteiger partial charge < -0.3 is 21.8 Å². The third kappa shape index (κ3) is 7.24. The van der Waals surface area contributed by atoms with Crippen LogP contribution in [0.1, 0.15) is 87.0 Å². The first-order chi connectivity index (χ1) is 19.9. The minimum atomic E-state index is 0. The first-order valence-corrected chi connectivity index (χ1v) is 16.2. The van der Waals surface area contributed by atoms with Gasteiger partial charge in [-0.25, -0.2) is 0 Å². The third-order valence-corrected chi connectivity index (χ3v) is 10.1. The van der Waals surface area contributed by atoms with Crippen molar-refractivity contribution in [3.8, 4) is 22.3 Å². The maximum absolute atomic E-state index is 4.16. The summed E-state index contributed by atoms with van der Waals surface area (Å²) >= 11 is 0. The molecule has 44 heavy (non-hydrogen) atoms. The number of hydrogen-bond acceptors (Lipinski definition) is 0. The second kappa shape index (κ2) is 15.5. The Labute approximate surface area is 289 Å². The molecule has 222 valence electrons. The Morgan fingerprint density at radius 2 is 1.32 bits per heavy atom. The van der Waals surface area contributed by atoms with Gasteiger partial charge in [0.25, 0.3) is 0 Å². The molecule has 1 atom stereocenters. The van der Waals surface area contributed by atoms with Crippen molar-refractivity contribution in [2.75, 3.05) is 0 Å². The molecule has 0 heterocycles. The maximum Gasteiger partial charge on any atom is 4.00 e. The molecule has 2 heteroatoms. The standard InChI is InChI=1S/C40H40Si.2CH3.Hf/c1-6-7-11-37-36-14-9-13-35(31-21-17-29(18-22-31)27(4)5)39(36)25-40(37)41-33-23-32-10-8-12-34(38(32)24-33)30-19-15-28(16-20-30)26(2)3;;;/h8-10,12-27,37H,1,6-7,11H2,2-5H3;2*1H3;/q-2;2*-1;+4. The van der Waals surface area contributed by atoms with Gasteiger partial charge in [0.05, 0.1) is 9.52 Å². The Morgan fingerprint density at radius 1 is 0.750 bits per heavy atom. The molecule has 0 aromatic heterocycles. The fraction of sp³-hybridized carbons (Fsp3) is 0.238. The van der Waals surface area contributed by atoms with Crippen molar-refractivity contribution in [1.82, 2.24) is 0 Å². The molecule has 5 aromatic rings. The van der Waals surface area contributed by atoms with Gasteiger partial charge in [0.2, 0.25) is 0 Å². The zero-order valence-electron chi connectivity index (χ0n) is 27.4. The molecular formula is C42H46HfSi. The summed E-state index contributed by atoms with van der Waals surface area (Å²) in [4.78, 5) is 0. The summed E-state index contributed by atoms with van der Waals surface area (Å²) < 4.78 is 0. The Hall–Kier alpha value is -2.68. The van der Waals surface area contributed by atoms with Gasteiger partial charge >= 0.3 is 25.8 Å². The normalized spacial score (nSPS) is 13.7. The first kappa shape index (κ1) is 35.8. The molecule has 0 spiro atoms. The molecule has 1 unspecified atom stereocenters. The van der Waals surface area contributed by atoms with Crippen molar-refractivity contribution in [2.45, 2.75) is 64.7 Å². The summed E-state index contributed by atoms with van der Waals surface area (Å²) in [5.74, 6) is 1.57. The van der Waals surface area contributed by atoms with Crippen molar-refractivity contribution < 1.29 is 25.8 Å². The fourth-order valence-corrected chi connectivity index (χ4v) is 7.79. The molecule has 1 aliphatic carbocycles. The molecule has 1 aliphatic rings. The number of rotatable bonds is 9. The van der Waals surface area contributed by atoms with Gasteiger partial charge in [0.15, 0.2) is 0 Å². The summed E-state index contributed by atoms with van der Waals surface area (Å²) in [5.41, 5.74) is 11.0. The van der Waals surface area contributed by atoms with Gasteiger partial charge in [0, 0.05) is 5.92 Å².